The van der Waals surface area contributed by atoms with E-state index >= 15 is 0 Å². The molecule has 6 nitrogen and oxygen atoms in total. The van der Waals surface area contributed by atoms with Gasteiger partial charge in [-0.05, 0) is 30.7 Å². The van der Waals surface area contributed by atoms with Gasteiger partial charge in [0.2, 0.25) is 5.91 Å². The number of likely N-dealkylation sites (N-methyl/N-ethyl adjacent to an activating group) is 1. The maximum Gasteiger partial charge on any atom is 0.271 e. The number of aryl methyl sites for hydroxylation is 1. The largest absolute Gasteiger partial charge is 0.325 e. The van der Waals surface area contributed by atoms with Crippen molar-refractivity contribution in [2.75, 3.05) is 18.9 Å². The van der Waals surface area contributed by atoms with Crippen LogP contribution in [0.5, 0.6) is 0 Å². The van der Waals surface area contributed by atoms with E-state index in [0.29, 0.717) is 12.2 Å². The lowest BCUT2D eigenvalue weighted by Crippen LogP contribution is -2.29. The number of rotatable bonds is 7. The number of carbonyl (C=O) groups is 1. The average Bonchev–Trinajstić information content (AvgIpc) is 2.55. The van der Waals surface area contributed by atoms with Crippen molar-refractivity contribution in [3.05, 3.63) is 69.8 Å². The van der Waals surface area contributed by atoms with E-state index in [4.69, 9.17) is 0 Å². The highest BCUT2D eigenvalue weighted by atomic mass is 16.6. The zero-order chi connectivity index (χ0) is 17.5. The minimum Gasteiger partial charge on any atom is -0.325 e. The Morgan fingerprint density at radius 3 is 2.46 bits per heavy atom. The maximum atomic E-state index is 12.1. The van der Waals surface area contributed by atoms with Crippen LogP contribution in [0.3, 0.4) is 0 Å². The number of hydrogen-bond donors (Lipinski definition) is 1. The summed E-state index contributed by atoms with van der Waals surface area (Å²) in [6.45, 7) is 2.98. The summed E-state index contributed by atoms with van der Waals surface area (Å²) in [4.78, 5) is 24.2. The number of hydrogen-bond acceptors (Lipinski definition) is 4. The van der Waals surface area contributed by atoms with Gasteiger partial charge in [-0.1, -0.05) is 37.3 Å². The molecule has 2 rings (SSSR count). The van der Waals surface area contributed by atoms with Crippen LogP contribution in [-0.4, -0.2) is 29.3 Å². The molecule has 1 N–H and O–H groups in total. The van der Waals surface area contributed by atoms with Gasteiger partial charge in [-0.2, -0.15) is 0 Å². The van der Waals surface area contributed by atoms with Crippen LogP contribution in [0.15, 0.2) is 48.5 Å². The van der Waals surface area contributed by atoms with Crippen molar-refractivity contribution in [1.29, 1.82) is 0 Å². The summed E-state index contributed by atoms with van der Waals surface area (Å²) in [5, 5.41) is 13.4. The van der Waals surface area contributed by atoms with Crippen molar-refractivity contribution in [3.63, 3.8) is 0 Å². The number of benzene rings is 2. The fourth-order valence-electron chi connectivity index (χ4n) is 2.39. The molecule has 0 saturated carbocycles. The van der Waals surface area contributed by atoms with Crippen LogP contribution in [0, 0.1) is 10.1 Å². The number of nitrogens with zero attached hydrogens (tertiary/aromatic N) is 2. The number of non-ortho nitro benzene ring substituents is 1. The Kier molecular flexibility index (Phi) is 6.03. The molecular weight excluding hydrogens is 306 g/mol. The predicted molar refractivity (Wildman–Crippen MR) is 93.9 cm³/mol. The van der Waals surface area contributed by atoms with Gasteiger partial charge in [-0.3, -0.25) is 19.8 Å². The summed E-state index contributed by atoms with van der Waals surface area (Å²) in [5.41, 5.74) is 2.80. The molecule has 2 aromatic rings. The third-order valence-corrected chi connectivity index (χ3v) is 3.64. The zero-order valence-electron chi connectivity index (χ0n) is 13.9. The highest BCUT2D eigenvalue weighted by Gasteiger charge is 2.10. The van der Waals surface area contributed by atoms with E-state index in [1.54, 1.807) is 12.1 Å². The molecule has 6 heteroatoms. The number of nitrogens with one attached hydrogen (secondary N) is 1. The summed E-state index contributed by atoms with van der Waals surface area (Å²) in [5.74, 6) is -0.205. The van der Waals surface area contributed by atoms with Gasteiger partial charge in [0.1, 0.15) is 0 Å². The Morgan fingerprint density at radius 1 is 1.17 bits per heavy atom. The SMILES string of the molecule is CCc1ccc(CN(C)CC(=O)Nc2cccc([N+](=O)[O-])c2)cc1. The molecule has 0 radical (unpaired) electrons. The molecule has 0 bridgehead atoms. The fraction of sp³-hybridized carbons (Fsp3) is 0.278. The monoisotopic (exact) mass is 327 g/mol. The van der Waals surface area contributed by atoms with Crippen LogP contribution < -0.4 is 5.32 Å². The first-order chi connectivity index (χ1) is 11.5. The van der Waals surface area contributed by atoms with Crippen molar-refractivity contribution < 1.29 is 9.72 Å². The molecule has 0 aromatic heterocycles. The van der Waals surface area contributed by atoms with Crippen LogP contribution in [0.2, 0.25) is 0 Å². The molecular formula is C18H21N3O3. The lowest BCUT2D eigenvalue weighted by atomic mass is 10.1. The van der Waals surface area contributed by atoms with Crippen LogP contribution >= 0.6 is 0 Å². The third kappa shape index (κ3) is 5.17. The quantitative estimate of drug-likeness (QED) is 0.626. The van der Waals surface area contributed by atoms with Gasteiger partial charge in [0.25, 0.3) is 5.69 Å². The van der Waals surface area contributed by atoms with Gasteiger partial charge in [0, 0.05) is 24.4 Å². The topological polar surface area (TPSA) is 75.5 Å². The summed E-state index contributed by atoms with van der Waals surface area (Å²) in [7, 11) is 1.86. The van der Waals surface area contributed by atoms with Gasteiger partial charge >= 0.3 is 0 Å². The van der Waals surface area contributed by atoms with Crippen molar-refractivity contribution in [2.24, 2.45) is 0 Å². The highest BCUT2D eigenvalue weighted by molar-refractivity contribution is 5.92. The van der Waals surface area contributed by atoms with Gasteiger partial charge in [0.05, 0.1) is 11.5 Å². The summed E-state index contributed by atoms with van der Waals surface area (Å²) < 4.78 is 0. The van der Waals surface area contributed by atoms with Crippen LogP contribution in [-0.2, 0) is 17.8 Å². The summed E-state index contributed by atoms with van der Waals surface area (Å²) in [6.07, 6.45) is 1.00. The highest BCUT2D eigenvalue weighted by Crippen LogP contribution is 2.17. The minimum absolute atomic E-state index is 0.0443. The molecule has 2 aromatic carbocycles. The fourth-order valence-corrected chi connectivity index (χ4v) is 2.39. The molecule has 126 valence electrons. The first-order valence-corrected chi connectivity index (χ1v) is 7.78. The van der Waals surface area contributed by atoms with E-state index in [1.165, 1.54) is 17.7 Å². The molecule has 1 amide bonds. The molecule has 0 aliphatic heterocycles. The van der Waals surface area contributed by atoms with Gasteiger partial charge in [0.15, 0.2) is 0 Å². The second kappa shape index (κ2) is 8.21. The van der Waals surface area contributed by atoms with Crippen LogP contribution in [0.1, 0.15) is 18.1 Å². The van der Waals surface area contributed by atoms with E-state index in [1.807, 2.05) is 11.9 Å². The lowest BCUT2D eigenvalue weighted by molar-refractivity contribution is -0.384. The number of nitro groups is 1. The standard InChI is InChI=1S/C18H21N3O3/c1-3-14-7-9-15(10-8-14)12-20(2)13-18(22)19-16-5-4-6-17(11-16)21(23)24/h4-11H,3,12-13H2,1-2H3,(H,19,22). The van der Waals surface area contributed by atoms with E-state index in [-0.39, 0.29) is 18.1 Å². The van der Waals surface area contributed by atoms with Crippen LogP contribution in [0.25, 0.3) is 0 Å². The Balaban J connectivity index is 1.89. The normalized spacial score (nSPS) is 10.6. The Hall–Kier alpha value is -2.73. The number of carbonyl (C=O) groups excluding carboxylic acids is 1. The third-order valence-electron chi connectivity index (χ3n) is 3.64. The Labute approximate surface area is 141 Å². The summed E-state index contributed by atoms with van der Waals surface area (Å²) in [6, 6.07) is 14.2. The molecule has 0 saturated heterocycles. The maximum absolute atomic E-state index is 12.1. The van der Waals surface area contributed by atoms with E-state index < -0.39 is 4.92 Å². The van der Waals surface area contributed by atoms with Crippen molar-refractivity contribution in [3.8, 4) is 0 Å². The molecule has 0 unspecified atom stereocenters. The second-order valence-electron chi connectivity index (χ2n) is 5.70. The van der Waals surface area contributed by atoms with E-state index in [0.717, 1.165) is 12.0 Å². The van der Waals surface area contributed by atoms with E-state index in [9.17, 15) is 14.9 Å². The number of anilines is 1. The molecule has 0 fully saturated rings. The van der Waals surface area contributed by atoms with Crippen molar-refractivity contribution >= 4 is 17.3 Å². The van der Waals surface area contributed by atoms with Crippen molar-refractivity contribution in [1.82, 2.24) is 4.90 Å². The molecule has 0 spiro atoms. The van der Waals surface area contributed by atoms with Gasteiger partial charge < -0.3 is 5.32 Å². The second-order valence-corrected chi connectivity index (χ2v) is 5.70. The van der Waals surface area contributed by atoms with Gasteiger partial charge in [-0.25, -0.2) is 0 Å². The number of amides is 1. The first-order valence-electron chi connectivity index (χ1n) is 7.78. The van der Waals surface area contributed by atoms with Gasteiger partial charge in [-0.15, -0.1) is 0 Å². The molecule has 0 heterocycles. The molecule has 0 atom stereocenters. The Bertz CT molecular complexity index is 714. The minimum atomic E-state index is -0.484. The average molecular weight is 327 g/mol. The van der Waals surface area contributed by atoms with Crippen molar-refractivity contribution in [2.45, 2.75) is 19.9 Å². The molecule has 24 heavy (non-hydrogen) atoms. The van der Waals surface area contributed by atoms with Crippen LogP contribution in [0.4, 0.5) is 11.4 Å². The van der Waals surface area contributed by atoms with E-state index in [2.05, 4.69) is 36.5 Å². The lowest BCUT2D eigenvalue weighted by Gasteiger charge is -2.16. The number of nitro benzene ring substituents is 1. The first kappa shape index (κ1) is 17.6. The smallest absolute Gasteiger partial charge is 0.271 e. The zero-order valence-corrected chi connectivity index (χ0v) is 13.9. The Morgan fingerprint density at radius 2 is 1.83 bits per heavy atom. The predicted octanol–water partition coefficient (Wildman–Crippen LogP) is 3.23. The molecule has 0 aliphatic carbocycles. The summed E-state index contributed by atoms with van der Waals surface area (Å²) >= 11 is 0. The molecule has 0 aliphatic rings.